The van der Waals surface area contributed by atoms with Crippen molar-refractivity contribution < 1.29 is 28.6 Å². The van der Waals surface area contributed by atoms with Crippen LogP contribution in [0.25, 0.3) is 5.65 Å². The van der Waals surface area contributed by atoms with E-state index >= 15 is 0 Å². The minimum atomic E-state index is -0.346. The van der Waals surface area contributed by atoms with E-state index in [-0.39, 0.29) is 62.2 Å². The lowest BCUT2D eigenvalue weighted by molar-refractivity contribution is -0.122. The summed E-state index contributed by atoms with van der Waals surface area (Å²) in [5, 5.41) is 5.77. The highest BCUT2D eigenvalue weighted by molar-refractivity contribution is 5.96. The maximum absolute atomic E-state index is 13.5. The summed E-state index contributed by atoms with van der Waals surface area (Å²) in [7, 11) is 1.57. The zero-order chi connectivity index (χ0) is 29.1. The van der Waals surface area contributed by atoms with Gasteiger partial charge in [0.1, 0.15) is 23.7 Å². The van der Waals surface area contributed by atoms with E-state index in [1.54, 1.807) is 23.8 Å². The minimum Gasteiger partial charge on any atom is -0.493 e. The first kappa shape index (κ1) is 27.1. The number of anilines is 1. The fourth-order valence-corrected chi connectivity index (χ4v) is 5.33. The van der Waals surface area contributed by atoms with Gasteiger partial charge in [-0.25, -0.2) is 4.98 Å². The number of benzene rings is 2. The smallest absolute Gasteiger partial charge is 0.274 e. The second-order valence-corrected chi connectivity index (χ2v) is 10.2. The number of carbonyl (C=O) groups is 3. The van der Waals surface area contributed by atoms with E-state index in [2.05, 4.69) is 15.6 Å². The van der Waals surface area contributed by atoms with Crippen molar-refractivity contribution in [2.45, 2.75) is 18.8 Å². The molecular formula is C31H31N5O6. The third-order valence-corrected chi connectivity index (χ3v) is 7.38. The van der Waals surface area contributed by atoms with E-state index < -0.39 is 0 Å². The van der Waals surface area contributed by atoms with Gasteiger partial charge < -0.3 is 34.1 Å². The summed E-state index contributed by atoms with van der Waals surface area (Å²) >= 11 is 0. The Hall–Kier alpha value is -5.06. The molecular weight excluding hydrogens is 538 g/mol. The topological polar surface area (TPSA) is 124 Å². The van der Waals surface area contributed by atoms with Crippen molar-refractivity contribution in [3.8, 4) is 17.2 Å². The fourth-order valence-electron chi connectivity index (χ4n) is 5.33. The highest BCUT2D eigenvalue weighted by Crippen LogP contribution is 2.41. The Morgan fingerprint density at radius 1 is 1.05 bits per heavy atom. The Morgan fingerprint density at radius 2 is 1.95 bits per heavy atom. The van der Waals surface area contributed by atoms with Crippen molar-refractivity contribution in [1.29, 1.82) is 0 Å². The Labute approximate surface area is 242 Å². The van der Waals surface area contributed by atoms with Crippen LogP contribution >= 0.6 is 0 Å². The molecule has 0 saturated heterocycles. The summed E-state index contributed by atoms with van der Waals surface area (Å²) in [5.74, 6) is 0.754. The van der Waals surface area contributed by atoms with Gasteiger partial charge in [0.15, 0.2) is 11.5 Å². The van der Waals surface area contributed by atoms with Gasteiger partial charge in [-0.3, -0.25) is 14.4 Å². The maximum Gasteiger partial charge on any atom is 0.274 e. The molecule has 0 spiro atoms. The molecule has 11 heteroatoms. The highest BCUT2D eigenvalue weighted by Gasteiger charge is 2.28. The summed E-state index contributed by atoms with van der Waals surface area (Å²) in [5.41, 5.74) is 3.49. The number of nitrogens with one attached hydrogen (secondary N) is 2. The lowest BCUT2D eigenvalue weighted by atomic mass is 9.84. The average Bonchev–Trinajstić information content (AvgIpc) is 3.44. The van der Waals surface area contributed by atoms with E-state index in [1.165, 1.54) is 4.90 Å². The van der Waals surface area contributed by atoms with Crippen LogP contribution in [0.2, 0.25) is 0 Å². The highest BCUT2D eigenvalue weighted by atomic mass is 16.5. The quantitative estimate of drug-likeness (QED) is 0.355. The molecule has 3 aliphatic rings. The number of imidazole rings is 1. The number of ether oxygens (including phenoxy) is 3. The number of nitrogens with zero attached hydrogens (tertiary/aromatic N) is 3. The second kappa shape index (κ2) is 11.8. The Kier molecular flexibility index (Phi) is 7.63. The molecule has 2 aromatic heterocycles. The van der Waals surface area contributed by atoms with Crippen LogP contribution < -0.4 is 24.8 Å². The Bertz CT molecular complexity index is 1620. The third kappa shape index (κ3) is 5.71. The molecule has 3 amide bonds. The van der Waals surface area contributed by atoms with E-state index in [9.17, 15) is 14.4 Å². The molecule has 0 aliphatic carbocycles. The van der Waals surface area contributed by atoms with Gasteiger partial charge in [-0.1, -0.05) is 18.2 Å². The number of hydrogen-bond donors (Lipinski definition) is 2. The molecule has 3 aliphatic heterocycles. The normalized spacial score (nSPS) is 17.6. The maximum atomic E-state index is 13.5. The van der Waals surface area contributed by atoms with E-state index in [1.807, 2.05) is 54.7 Å². The van der Waals surface area contributed by atoms with Crippen LogP contribution in [0, 0.1) is 0 Å². The van der Waals surface area contributed by atoms with Crippen LogP contribution in [0.3, 0.4) is 0 Å². The van der Waals surface area contributed by atoms with Gasteiger partial charge in [-0.15, -0.1) is 0 Å². The van der Waals surface area contributed by atoms with Gasteiger partial charge in [0.25, 0.3) is 5.91 Å². The van der Waals surface area contributed by atoms with Crippen molar-refractivity contribution in [3.05, 3.63) is 83.8 Å². The monoisotopic (exact) mass is 569 g/mol. The number of pyridine rings is 1. The number of fused-ring (bicyclic) bond motifs is 12. The molecule has 0 radical (unpaired) electrons. The standard InChI is InChI=1S/C31H31N5O6/c1-40-26-9-6-20-15-27(26)42-13-4-12-36(31(39)25-18-35-11-3-2-5-28(35)33-25)19-30(38)32-10-14-41-21-7-8-22-23(20)17-29(37)34-24(22)16-21/h2-3,5-9,11,15-16,18,23H,4,10,12-14,17,19H2,1H3,(H,32,38)(H,34,37). The predicted octanol–water partition coefficient (Wildman–Crippen LogP) is 3.24. The molecule has 4 aromatic rings. The molecule has 11 nitrogen and oxygen atoms in total. The first-order valence-electron chi connectivity index (χ1n) is 13.9. The average molecular weight is 570 g/mol. The van der Waals surface area contributed by atoms with Gasteiger partial charge in [0.05, 0.1) is 26.8 Å². The molecule has 0 saturated carbocycles. The largest absolute Gasteiger partial charge is 0.493 e. The summed E-state index contributed by atoms with van der Waals surface area (Å²) in [6, 6.07) is 16.8. The molecule has 42 heavy (non-hydrogen) atoms. The number of aromatic nitrogens is 2. The molecule has 2 aromatic carbocycles. The molecule has 2 N–H and O–H groups in total. The number of rotatable bonds is 2. The third-order valence-electron chi connectivity index (χ3n) is 7.38. The summed E-state index contributed by atoms with van der Waals surface area (Å²) in [6.07, 6.45) is 4.23. The molecule has 5 heterocycles. The van der Waals surface area contributed by atoms with Crippen LogP contribution in [-0.4, -0.2) is 72.0 Å². The van der Waals surface area contributed by atoms with E-state index in [0.717, 1.165) is 11.1 Å². The summed E-state index contributed by atoms with van der Waals surface area (Å²) in [4.78, 5) is 44.9. The van der Waals surface area contributed by atoms with E-state index in [4.69, 9.17) is 14.2 Å². The molecule has 0 fully saturated rings. The van der Waals surface area contributed by atoms with Crippen molar-refractivity contribution in [2.24, 2.45) is 0 Å². The van der Waals surface area contributed by atoms with Gasteiger partial charge in [-0.05, 0) is 47.9 Å². The molecule has 6 bridgehead atoms. The zero-order valence-electron chi connectivity index (χ0n) is 23.2. The first-order valence-corrected chi connectivity index (χ1v) is 13.9. The van der Waals surface area contributed by atoms with Gasteiger partial charge >= 0.3 is 0 Å². The number of methoxy groups -OCH3 is 1. The number of carbonyl (C=O) groups excluding carboxylic acids is 3. The lowest BCUT2D eigenvalue weighted by Crippen LogP contribution is -2.42. The lowest BCUT2D eigenvalue weighted by Gasteiger charge is -2.27. The van der Waals surface area contributed by atoms with Crippen LogP contribution in [0.5, 0.6) is 17.2 Å². The van der Waals surface area contributed by atoms with Gasteiger partial charge in [0.2, 0.25) is 11.8 Å². The first-order chi connectivity index (χ1) is 20.5. The molecule has 7 rings (SSSR count). The van der Waals surface area contributed by atoms with Crippen LogP contribution in [0.4, 0.5) is 5.69 Å². The van der Waals surface area contributed by atoms with Crippen molar-refractivity contribution in [3.63, 3.8) is 0 Å². The number of hydrogen-bond acceptors (Lipinski definition) is 7. The molecule has 1 unspecified atom stereocenters. The number of amides is 3. The van der Waals surface area contributed by atoms with Crippen LogP contribution in [0.1, 0.15) is 40.4 Å². The second-order valence-electron chi connectivity index (χ2n) is 10.2. The van der Waals surface area contributed by atoms with Gasteiger partial charge in [0, 0.05) is 43.0 Å². The van der Waals surface area contributed by atoms with E-state index in [0.29, 0.717) is 41.4 Å². The van der Waals surface area contributed by atoms with Crippen molar-refractivity contribution >= 4 is 29.1 Å². The van der Waals surface area contributed by atoms with Crippen LogP contribution in [-0.2, 0) is 9.59 Å². The van der Waals surface area contributed by atoms with Crippen LogP contribution in [0.15, 0.2) is 67.0 Å². The fraction of sp³-hybridized carbons (Fsp3) is 0.290. The summed E-state index contributed by atoms with van der Waals surface area (Å²) < 4.78 is 19.3. The predicted molar refractivity (Wildman–Crippen MR) is 154 cm³/mol. The van der Waals surface area contributed by atoms with Gasteiger partial charge in [-0.2, -0.15) is 0 Å². The minimum absolute atomic E-state index is 0.0866. The molecule has 216 valence electrons. The van der Waals surface area contributed by atoms with Crippen molar-refractivity contribution in [2.75, 3.05) is 45.3 Å². The molecule has 1 atom stereocenters. The zero-order valence-corrected chi connectivity index (χ0v) is 23.2. The Balaban J connectivity index is 1.27. The Morgan fingerprint density at radius 3 is 2.81 bits per heavy atom. The SMILES string of the molecule is COc1ccc2cc1OCCCN(C(=O)c1cn3ccccc3n1)CC(=O)NCCOc1ccc3c(c1)NC(=O)CC23. The van der Waals surface area contributed by atoms with Crippen molar-refractivity contribution in [1.82, 2.24) is 19.6 Å². The summed E-state index contributed by atoms with van der Waals surface area (Å²) in [6.45, 7) is 0.871.